The molecule has 1 aromatic rings. The fourth-order valence-electron chi connectivity index (χ4n) is 3.02. The van der Waals surface area contributed by atoms with Crippen LogP contribution in [0.1, 0.15) is 60.9 Å². The SMILES string of the molecule is CNC(=O)CCC(C=O)N(C)Cc1cc(SCCCCCCCBr)ccc1C=O. The molecular formula is C22H33BrN2O3S. The number of nitrogens with one attached hydrogen (secondary N) is 1. The number of alkyl halides is 1. The Bertz CT molecular complexity index is 642. The van der Waals surface area contributed by atoms with Crippen molar-refractivity contribution in [3.05, 3.63) is 29.3 Å². The fraction of sp³-hybridized carbons (Fsp3) is 0.591. The van der Waals surface area contributed by atoms with Gasteiger partial charge in [-0.25, -0.2) is 0 Å². The number of carbonyl (C=O) groups excluding carboxylic acids is 3. The lowest BCUT2D eigenvalue weighted by Gasteiger charge is -2.24. The molecule has 0 heterocycles. The minimum atomic E-state index is -0.359. The number of aldehydes is 2. The van der Waals surface area contributed by atoms with Crippen LogP contribution < -0.4 is 5.32 Å². The molecule has 162 valence electrons. The third kappa shape index (κ3) is 10.4. The van der Waals surface area contributed by atoms with Gasteiger partial charge in [0.15, 0.2) is 0 Å². The normalized spacial score (nSPS) is 12.0. The molecule has 0 aromatic heterocycles. The lowest BCUT2D eigenvalue weighted by Crippen LogP contribution is -2.34. The number of likely N-dealkylation sites (N-methyl/N-ethyl adjacent to an activating group) is 1. The van der Waals surface area contributed by atoms with Crippen LogP contribution in [0, 0.1) is 0 Å². The molecule has 0 fully saturated rings. The molecule has 1 unspecified atom stereocenters. The first-order chi connectivity index (χ1) is 14.0. The molecule has 1 atom stereocenters. The zero-order chi connectivity index (χ0) is 21.5. The van der Waals surface area contributed by atoms with Crippen molar-refractivity contribution in [2.75, 3.05) is 25.2 Å². The molecule has 5 nitrogen and oxygen atoms in total. The predicted octanol–water partition coefficient (Wildman–Crippen LogP) is 4.46. The quantitative estimate of drug-likeness (QED) is 0.162. The van der Waals surface area contributed by atoms with Gasteiger partial charge in [0.1, 0.15) is 12.6 Å². The Morgan fingerprint density at radius 3 is 2.59 bits per heavy atom. The third-order valence-corrected chi connectivity index (χ3v) is 6.52. The number of hydrogen-bond donors (Lipinski definition) is 1. The summed E-state index contributed by atoms with van der Waals surface area (Å²) in [6.07, 6.45) is 8.71. The summed E-state index contributed by atoms with van der Waals surface area (Å²) in [6.45, 7) is 0.492. The number of carbonyl (C=O) groups is 3. The standard InChI is InChI=1S/C22H33BrN2O3S/c1-24-22(28)11-9-20(17-27)25(2)15-19-14-21(10-8-18(19)16-26)29-13-7-5-3-4-6-12-23/h8,10,14,16-17,20H,3-7,9,11-13,15H2,1-2H3,(H,24,28). The van der Waals surface area contributed by atoms with Gasteiger partial charge in [-0.2, -0.15) is 0 Å². The first-order valence-electron chi connectivity index (χ1n) is 10.2. The van der Waals surface area contributed by atoms with Crippen LogP contribution in [0.4, 0.5) is 0 Å². The van der Waals surface area contributed by atoms with E-state index in [1.807, 2.05) is 35.8 Å². The summed E-state index contributed by atoms with van der Waals surface area (Å²) < 4.78 is 0. The van der Waals surface area contributed by atoms with Gasteiger partial charge >= 0.3 is 0 Å². The fourth-order valence-corrected chi connectivity index (χ4v) is 4.39. The molecule has 1 amide bonds. The van der Waals surface area contributed by atoms with E-state index in [1.54, 1.807) is 7.05 Å². The summed E-state index contributed by atoms with van der Waals surface area (Å²) in [6, 6.07) is 5.54. The van der Waals surface area contributed by atoms with Crippen molar-refractivity contribution in [3.8, 4) is 0 Å². The summed E-state index contributed by atoms with van der Waals surface area (Å²) in [4.78, 5) is 37.4. The highest BCUT2D eigenvalue weighted by molar-refractivity contribution is 9.09. The smallest absolute Gasteiger partial charge is 0.219 e. The molecule has 0 aliphatic carbocycles. The second-order valence-corrected chi connectivity index (χ2v) is 9.08. The Labute approximate surface area is 187 Å². The molecule has 0 spiro atoms. The van der Waals surface area contributed by atoms with Crippen LogP contribution in [0.3, 0.4) is 0 Å². The Morgan fingerprint density at radius 2 is 1.93 bits per heavy atom. The zero-order valence-corrected chi connectivity index (χ0v) is 19.9. The van der Waals surface area contributed by atoms with Gasteiger partial charge in [-0.3, -0.25) is 14.5 Å². The molecular weight excluding hydrogens is 452 g/mol. The van der Waals surface area contributed by atoms with Crippen molar-refractivity contribution in [2.45, 2.75) is 62.4 Å². The summed E-state index contributed by atoms with van der Waals surface area (Å²) >= 11 is 5.27. The number of rotatable bonds is 16. The van der Waals surface area contributed by atoms with Crippen molar-refractivity contribution in [1.29, 1.82) is 0 Å². The largest absolute Gasteiger partial charge is 0.359 e. The van der Waals surface area contributed by atoms with E-state index >= 15 is 0 Å². The topological polar surface area (TPSA) is 66.5 Å². The molecule has 1 rings (SSSR count). The average Bonchev–Trinajstić information content (AvgIpc) is 2.73. The second-order valence-electron chi connectivity index (χ2n) is 7.11. The van der Waals surface area contributed by atoms with Crippen molar-refractivity contribution < 1.29 is 14.4 Å². The van der Waals surface area contributed by atoms with E-state index in [1.165, 1.54) is 32.1 Å². The highest BCUT2D eigenvalue weighted by atomic mass is 79.9. The lowest BCUT2D eigenvalue weighted by atomic mass is 10.1. The Balaban J connectivity index is 2.62. The molecule has 0 radical (unpaired) electrons. The summed E-state index contributed by atoms with van der Waals surface area (Å²) in [5.74, 6) is 0.983. The lowest BCUT2D eigenvalue weighted by molar-refractivity contribution is -0.121. The van der Waals surface area contributed by atoms with E-state index in [0.29, 0.717) is 24.9 Å². The first kappa shape index (κ1) is 25.9. The van der Waals surface area contributed by atoms with Crippen molar-refractivity contribution in [2.24, 2.45) is 0 Å². The number of benzene rings is 1. The minimum Gasteiger partial charge on any atom is -0.359 e. The number of halogens is 1. The molecule has 0 aliphatic heterocycles. The van der Waals surface area contributed by atoms with Gasteiger partial charge in [0.25, 0.3) is 0 Å². The minimum absolute atomic E-state index is 0.0792. The Morgan fingerprint density at radius 1 is 1.21 bits per heavy atom. The van der Waals surface area contributed by atoms with Crippen LogP contribution in [-0.2, 0) is 16.1 Å². The van der Waals surface area contributed by atoms with Gasteiger partial charge < -0.3 is 10.1 Å². The van der Waals surface area contributed by atoms with E-state index in [4.69, 9.17) is 0 Å². The first-order valence-corrected chi connectivity index (χ1v) is 12.3. The number of hydrogen-bond acceptors (Lipinski definition) is 5. The average molecular weight is 485 g/mol. The highest BCUT2D eigenvalue weighted by Gasteiger charge is 2.17. The van der Waals surface area contributed by atoms with E-state index in [-0.39, 0.29) is 11.9 Å². The van der Waals surface area contributed by atoms with Crippen LogP contribution in [0.15, 0.2) is 23.1 Å². The van der Waals surface area contributed by atoms with E-state index in [9.17, 15) is 14.4 Å². The molecule has 0 aliphatic rings. The van der Waals surface area contributed by atoms with Crippen molar-refractivity contribution in [1.82, 2.24) is 10.2 Å². The van der Waals surface area contributed by atoms with Gasteiger partial charge in [-0.1, -0.05) is 41.3 Å². The van der Waals surface area contributed by atoms with Crippen molar-refractivity contribution in [3.63, 3.8) is 0 Å². The predicted molar refractivity (Wildman–Crippen MR) is 124 cm³/mol. The van der Waals surface area contributed by atoms with Crippen LogP contribution in [-0.4, -0.2) is 54.6 Å². The van der Waals surface area contributed by atoms with E-state index < -0.39 is 0 Å². The monoisotopic (exact) mass is 484 g/mol. The van der Waals surface area contributed by atoms with Gasteiger partial charge in [-0.05, 0) is 49.8 Å². The molecule has 1 aromatic carbocycles. The maximum Gasteiger partial charge on any atom is 0.219 e. The second kappa shape index (κ2) is 15.6. The number of thioether (sulfide) groups is 1. The van der Waals surface area contributed by atoms with Crippen molar-refractivity contribution >= 4 is 46.2 Å². The summed E-state index contributed by atoms with van der Waals surface area (Å²) in [7, 11) is 3.44. The zero-order valence-electron chi connectivity index (χ0n) is 17.5. The van der Waals surface area contributed by atoms with Gasteiger partial charge in [0.05, 0.1) is 6.04 Å². The Hall–Kier alpha value is -1.18. The highest BCUT2D eigenvalue weighted by Crippen LogP contribution is 2.24. The van der Waals surface area contributed by atoms with Gasteiger partial charge in [0, 0.05) is 35.8 Å². The van der Waals surface area contributed by atoms with Gasteiger partial charge in [-0.15, -0.1) is 11.8 Å². The van der Waals surface area contributed by atoms with Crippen LogP contribution in [0.5, 0.6) is 0 Å². The number of amides is 1. The van der Waals surface area contributed by atoms with Crippen LogP contribution >= 0.6 is 27.7 Å². The number of unbranched alkanes of at least 4 members (excludes halogenated alkanes) is 4. The molecule has 0 saturated heterocycles. The number of nitrogens with zero attached hydrogens (tertiary/aromatic N) is 1. The van der Waals surface area contributed by atoms with E-state index in [0.717, 1.165) is 34.1 Å². The molecule has 29 heavy (non-hydrogen) atoms. The summed E-state index contributed by atoms with van der Waals surface area (Å²) in [5, 5.41) is 3.65. The van der Waals surface area contributed by atoms with Gasteiger partial charge in [0.2, 0.25) is 5.91 Å². The molecule has 7 heteroatoms. The third-order valence-electron chi connectivity index (χ3n) is 4.88. The molecule has 1 N–H and O–H groups in total. The Kier molecular flexibility index (Phi) is 13.9. The maximum absolute atomic E-state index is 11.5. The molecule has 0 bridgehead atoms. The summed E-state index contributed by atoms with van der Waals surface area (Å²) in [5.41, 5.74) is 1.56. The van der Waals surface area contributed by atoms with E-state index in [2.05, 4.69) is 27.3 Å². The van der Waals surface area contributed by atoms with Crippen LogP contribution in [0.25, 0.3) is 0 Å². The maximum atomic E-state index is 11.5. The molecule has 0 saturated carbocycles. The van der Waals surface area contributed by atoms with Crippen LogP contribution in [0.2, 0.25) is 0 Å².